The number of likely N-dealkylation sites (tertiary alicyclic amines) is 1. The summed E-state index contributed by atoms with van der Waals surface area (Å²) < 4.78 is 5.64. The number of piperidine rings is 1. The molecule has 1 atom stereocenters. The van der Waals surface area contributed by atoms with Crippen molar-refractivity contribution in [1.29, 1.82) is 0 Å². The lowest BCUT2D eigenvalue weighted by Gasteiger charge is -2.31. The van der Waals surface area contributed by atoms with Crippen molar-refractivity contribution in [1.82, 2.24) is 20.5 Å². The average molecular weight is 338 g/mol. The quantitative estimate of drug-likeness (QED) is 0.702. The molecule has 1 aromatic heterocycles. The number of nitrogens with zero attached hydrogens (tertiary/aromatic N) is 2. The lowest BCUT2D eigenvalue weighted by molar-refractivity contribution is 0.161. The van der Waals surface area contributed by atoms with E-state index in [-0.39, 0.29) is 18.7 Å². The van der Waals surface area contributed by atoms with Gasteiger partial charge in [0.1, 0.15) is 5.76 Å². The molecule has 0 saturated carbocycles. The van der Waals surface area contributed by atoms with Crippen molar-refractivity contribution < 1.29 is 14.3 Å². The van der Waals surface area contributed by atoms with E-state index in [1.165, 1.54) is 0 Å². The average Bonchev–Trinajstić information content (AvgIpc) is 2.84. The van der Waals surface area contributed by atoms with Crippen LogP contribution in [0.3, 0.4) is 0 Å². The number of urea groups is 1. The molecule has 0 aliphatic carbocycles. The summed E-state index contributed by atoms with van der Waals surface area (Å²) in [6, 6.07) is -0.159. The Hall–Kier alpha value is -1.60. The highest BCUT2D eigenvalue weighted by molar-refractivity contribution is 5.74. The van der Waals surface area contributed by atoms with Gasteiger partial charge in [-0.2, -0.15) is 0 Å². The number of hydrogen-bond donors (Lipinski definition) is 3. The van der Waals surface area contributed by atoms with Crippen LogP contribution in [0.15, 0.2) is 4.42 Å². The van der Waals surface area contributed by atoms with Crippen LogP contribution in [0.5, 0.6) is 0 Å². The number of oxazole rings is 1. The lowest BCUT2D eigenvalue weighted by atomic mass is 9.97. The molecule has 3 N–H and O–H groups in total. The van der Waals surface area contributed by atoms with E-state index < -0.39 is 0 Å². The predicted octanol–water partition coefficient (Wildman–Crippen LogP) is 1.57. The van der Waals surface area contributed by atoms with E-state index >= 15 is 0 Å². The summed E-state index contributed by atoms with van der Waals surface area (Å²) in [7, 11) is 0. The fourth-order valence-electron chi connectivity index (χ4n) is 2.92. The Balaban J connectivity index is 1.64. The molecule has 1 fully saturated rings. The van der Waals surface area contributed by atoms with Crippen LogP contribution in [0.4, 0.5) is 4.79 Å². The highest BCUT2D eigenvalue weighted by atomic mass is 16.4. The maximum atomic E-state index is 11.8. The first-order valence-electron chi connectivity index (χ1n) is 8.78. The Morgan fingerprint density at radius 3 is 2.71 bits per heavy atom. The van der Waals surface area contributed by atoms with E-state index in [1.54, 1.807) is 0 Å². The van der Waals surface area contributed by atoms with Crippen molar-refractivity contribution >= 4 is 6.03 Å². The minimum Gasteiger partial charge on any atom is -0.444 e. The summed E-state index contributed by atoms with van der Waals surface area (Å²) in [5.74, 6) is 2.19. The van der Waals surface area contributed by atoms with Gasteiger partial charge in [0.15, 0.2) is 0 Å². The standard InChI is InChI=1S/C17H30N4O3/c1-12(6-9-22)19-17(23)18-10-15-4-7-21(8-5-15)11-16-20-13(2)14(3)24-16/h12,15,22H,4-11H2,1-3H3,(H2,18,19,23)/t12-/m1/s1. The Bertz CT molecular complexity index is 504. The molecule has 1 aliphatic rings. The second kappa shape index (κ2) is 9.03. The van der Waals surface area contributed by atoms with Crippen LogP contribution in [0.25, 0.3) is 0 Å². The van der Waals surface area contributed by atoms with E-state index in [0.29, 0.717) is 18.9 Å². The number of amides is 2. The van der Waals surface area contributed by atoms with E-state index in [0.717, 1.165) is 49.8 Å². The molecule has 2 amide bonds. The van der Waals surface area contributed by atoms with Crippen LogP contribution >= 0.6 is 0 Å². The molecule has 0 bridgehead atoms. The molecule has 1 saturated heterocycles. The van der Waals surface area contributed by atoms with Crippen LogP contribution in [0, 0.1) is 19.8 Å². The number of rotatable bonds is 7. The summed E-state index contributed by atoms with van der Waals surface area (Å²) in [6.45, 7) is 9.33. The van der Waals surface area contributed by atoms with Crippen molar-refractivity contribution in [2.24, 2.45) is 5.92 Å². The largest absolute Gasteiger partial charge is 0.444 e. The first kappa shape index (κ1) is 18.7. The SMILES string of the molecule is Cc1nc(CN2CCC(CNC(=O)N[C@H](C)CCO)CC2)oc1C. The molecule has 136 valence electrons. The van der Waals surface area contributed by atoms with Gasteiger partial charge in [0.05, 0.1) is 12.2 Å². The maximum Gasteiger partial charge on any atom is 0.315 e. The predicted molar refractivity (Wildman–Crippen MR) is 91.7 cm³/mol. The number of hydrogen-bond acceptors (Lipinski definition) is 5. The Labute approximate surface area is 143 Å². The Morgan fingerprint density at radius 1 is 1.42 bits per heavy atom. The molecule has 0 aromatic carbocycles. The third-order valence-electron chi connectivity index (χ3n) is 4.63. The summed E-state index contributed by atoms with van der Waals surface area (Å²) in [5, 5.41) is 14.6. The maximum absolute atomic E-state index is 11.8. The van der Waals surface area contributed by atoms with Gasteiger partial charge in [-0.15, -0.1) is 0 Å². The Morgan fingerprint density at radius 2 is 2.12 bits per heavy atom. The number of nitrogens with one attached hydrogen (secondary N) is 2. The van der Waals surface area contributed by atoms with Crippen molar-refractivity contribution in [3.05, 3.63) is 17.3 Å². The number of carbonyl (C=O) groups excluding carboxylic acids is 1. The van der Waals surface area contributed by atoms with Gasteiger partial charge in [-0.3, -0.25) is 4.90 Å². The van der Waals surface area contributed by atoms with Gasteiger partial charge in [0, 0.05) is 19.2 Å². The molecule has 1 aromatic rings. The highest BCUT2D eigenvalue weighted by Gasteiger charge is 2.21. The van der Waals surface area contributed by atoms with Gasteiger partial charge in [0.25, 0.3) is 0 Å². The third kappa shape index (κ3) is 5.79. The monoisotopic (exact) mass is 338 g/mol. The second-order valence-corrected chi connectivity index (χ2v) is 6.74. The van der Waals surface area contributed by atoms with E-state index in [2.05, 4.69) is 20.5 Å². The van der Waals surface area contributed by atoms with Crippen LogP contribution < -0.4 is 10.6 Å². The third-order valence-corrected chi connectivity index (χ3v) is 4.63. The van der Waals surface area contributed by atoms with Gasteiger partial charge < -0.3 is 20.2 Å². The Kier molecular flexibility index (Phi) is 7.05. The van der Waals surface area contributed by atoms with E-state index in [4.69, 9.17) is 9.52 Å². The van der Waals surface area contributed by atoms with E-state index in [1.807, 2.05) is 20.8 Å². The van der Waals surface area contributed by atoms with Gasteiger partial charge in [-0.25, -0.2) is 9.78 Å². The molecule has 24 heavy (non-hydrogen) atoms. The van der Waals surface area contributed by atoms with Gasteiger partial charge in [-0.1, -0.05) is 0 Å². The zero-order chi connectivity index (χ0) is 17.5. The first-order chi connectivity index (χ1) is 11.5. The highest BCUT2D eigenvalue weighted by Crippen LogP contribution is 2.19. The van der Waals surface area contributed by atoms with Crippen molar-refractivity contribution in [2.45, 2.75) is 52.6 Å². The van der Waals surface area contributed by atoms with Crippen LogP contribution in [-0.4, -0.2) is 53.3 Å². The smallest absolute Gasteiger partial charge is 0.315 e. The first-order valence-corrected chi connectivity index (χ1v) is 8.78. The van der Waals surface area contributed by atoms with Crippen molar-refractivity contribution in [3.8, 4) is 0 Å². The minimum atomic E-state index is -0.149. The van der Waals surface area contributed by atoms with Crippen molar-refractivity contribution in [2.75, 3.05) is 26.2 Å². The summed E-state index contributed by atoms with van der Waals surface area (Å²) in [4.78, 5) is 18.6. The molecule has 0 spiro atoms. The van der Waals surface area contributed by atoms with Gasteiger partial charge in [-0.05, 0) is 59.0 Å². The number of carbonyl (C=O) groups is 1. The number of aryl methyl sites for hydroxylation is 2. The summed E-state index contributed by atoms with van der Waals surface area (Å²) >= 11 is 0. The lowest BCUT2D eigenvalue weighted by Crippen LogP contribution is -2.44. The number of aliphatic hydroxyl groups excluding tert-OH is 1. The van der Waals surface area contributed by atoms with Gasteiger partial charge >= 0.3 is 6.03 Å². The zero-order valence-electron chi connectivity index (χ0n) is 15.0. The van der Waals surface area contributed by atoms with Crippen LogP contribution in [0.1, 0.15) is 43.5 Å². The fourth-order valence-corrected chi connectivity index (χ4v) is 2.92. The summed E-state index contributed by atoms with van der Waals surface area (Å²) in [6.07, 6.45) is 2.70. The zero-order valence-corrected chi connectivity index (χ0v) is 15.0. The molecule has 7 heteroatoms. The molecular formula is C17H30N4O3. The molecule has 0 unspecified atom stereocenters. The second-order valence-electron chi connectivity index (χ2n) is 6.74. The topological polar surface area (TPSA) is 90.6 Å². The van der Waals surface area contributed by atoms with Crippen molar-refractivity contribution in [3.63, 3.8) is 0 Å². The molecule has 1 aliphatic heterocycles. The molecule has 2 rings (SSSR count). The van der Waals surface area contributed by atoms with Crippen LogP contribution in [-0.2, 0) is 6.54 Å². The molecule has 7 nitrogen and oxygen atoms in total. The summed E-state index contributed by atoms with van der Waals surface area (Å²) in [5.41, 5.74) is 0.963. The number of aromatic nitrogens is 1. The number of aliphatic hydroxyl groups is 1. The molecule has 2 heterocycles. The van der Waals surface area contributed by atoms with E-state index in [9.17, 15) is 4.79 Å². The normalized spacial score (nSPS) is 17.7. The minimum absolute atomic E-state index is 0.00967. The fraction of sp³-hybridized carbons (Fsp3) is 0.765. The van der Waals surface area contributed by atoms with Gasteiger partial charge in [0.2, 0.25) is 5.89 Å². The molecule has 0 radical (unpaired) electrons. The molecular weight excluding hydrogens is 308 g/mol. The van der Waals surface area contributed by atoms with Crippen LogP contribution in [0.2, 0.25) is 0 Å².